The van der Waals surface area contributed by atoms with E-state index in [1.807, 2.05) is 60.7 Å². The molecule has 3 amide bonds. The molecule has 138 valence electrons. The topological polar surface area (TPSA) is 97.1 Å². The maximum absolute atomic E-state index is 11.8. The number of hydrogen-bond acceptors (Lipinski definition) is 6. The second-order valence-electron chi connectivity index (χ2n) is 5.55. The third-order valence-corrected chi connectivity index (χ3v) is 4.35. The summed E-state index contributed by atoms with van der Waals surface area (Å²) < 4.78 is 5.55. The first-order valence-corrected chi connectivity index (χ1v) is 9.32. The zero-order chi connectivity index (χ0) is 18.9. The first kappa shape index (κ1) is 18.7. The third-order valence-electron chi connectivity index (χ3n) is 3.53. The molecule has 0 unspecified atom stereocenters. The van der Waals surface area contributed by atoms with E-state index in [-0.39, 0.29) is 12.3 Å². The number of benzene rings is 2. The van der Waals surface area contributed by atoms with Crippen LogP contribution in [-0.4, -0.2) is 27.9 Å². The summed E-state index contributed by atoms with van der Waals surface area (Å²) in [6, 6.07) is 18.4. The molecule has 2 N–H and O–H groups in total. The van der Waals surface area contributed by atoms with Gasteiger partial charge in [-0.2, -0.15) is 0 Å². The Morgan fingerprint density at radius 3 is 2.41 bits per heavy atom. The van der Waals surface area contributed by atoms with Gasteiger partial charge in [0.2, 0.25) is 11.8 Å². The highest BCUT2D eigenvalue weighted by Gasteiger charge is 2.11. The van der Waals surface area contributed by atoms with Crippen molar-refractivity contribution in [2.45, 2.75) is 18.2 Å². The molecule has 27 heavy (non-hydrogen) atoms. The minimum absolute atomic E-state index is 0.159. The van der Waals surface area contributed by atoms with Gasteiger partial charge in [-0.3, -0.25) is 10.1 Å². The van der Waals surface area contributed by atoms with Gasteiger partial charge in [-0.15, -0.1) is 10.2 Å². The molecule has 0 saturated carbocycles. The Kier molecular flexibility index (Phi) is 6.59. The Balaban J connectivity index is 1.37. The maximum atomic E-state index is 11.8. The molecular weight excluding hydrogens is 364 g/mol. The lowest BCUT2D eigenvalue weighted by Gasteiger charge is -2.06. The highest BCUT2D eigenvalue weighted by molar-refractivity contribution is 7.99. The van der Waals surface area contributed by atoms with Crippen molar-refractivity contribution in [1.82, 2.24) is 20.8 Å². The Labute approximate surface area is 160 Å². The fourth-order valence-electron chi connectivity index (χ4n) is 2.21. The molecule has 0 fully saturated rings. The molecule has 3 rings (SSSR count). The zero-order valence-corrected chi connectivity index (χ0v) is 15.2. The lowest BCUT2D eigenvalue weighted by Crippen LogP contribution is -2.39. The van der Waals surface area contributed by atoms with Gasteiger partial charge in [-0.25, -0.2) is 4.79 Å². The van der Waals surface area contributed by atoms with Crippen LogP contribution in [0.25, 0.3) is 11.5 Å². The molecule has 1 heterocycles. The van der Waals surface area contributed by atoms with Crippen molar-refractivity contribution in [1.29, 1.82) is 0 Å². The Morgan fingerprint density at radius 2 is 1.67 bits per heavy atom. The van der Waals surface area contributed by atoms with Crippen LogP contribution in [0, 0.1) is 0 Å². The van der Waals surface area contributed by atoms with Crippen LogP contribution in [0.4, 0.5) is 4.79 Å². The van der Waals surface area contributed by atoms with Crippen molar-refractivity contribution in [3.8, 4) is 11.5 Å². The van der Waals surface area contributed by atoms with Crippen molar-refractivity contribution < 1.29 is 14.0 Å². The van der Waals surface area contributed by atoms with Crippen LogP contribution in [0.15, 0.2) is 70.3 Å². The highest BCUT2D eigenvalue weighted by Crippen LogP contribution is 2.23. The van der Waals surface area contributed by atoms with Crippen LogP contribution in [0.1, 0.15) is 12.0 Å². The number of imide groups is 1. The summed E-state index contributed by atoms with van der Waals surface area (Å²) in [5.74, 6) is 0.493. The summed E-state index contributed by atoms with van der Waals surface area (Å²) in [7, 11) is 0. The van der Waals surface area contributed by atoms with Crippen molar-refractivity contribution >= 4 is 23.7 Å². The van der Waals surface area contributed by atoms with Gasteiger partial charge >= 0.3 is 6.03 Å². The van der Waals surface area contributed by atoms with E-state index in [0.717, 1.165) is 11.1 Å². The smallest absolute Gasteiger partial charge is 0.321 e. The second kappa shape index (κ2) is 9.54. The highest BCUT2D eigenvalue weighted by atomic mass is 32.2. The van der Waals surface area contributed by atoms with Crippen molar-refractivity contribution in [3.05, 3.63) is 66.2 Å². The Morgan fingerprint density at radius 1 is 0.963 bits per heavy atom. The average Bonchev–Trinajstić information content (AvgIpc) is 3.17. The number of aromatic nitrogens is 2. The first-order chi connectivity index (χ1) is 13.2. The van der Waals surface area contributed by atoms with Gasteiger partial charge in [0.05, 0.1) is 0 Å². The molecule has 8 heteroatoms. The molecule has 0 atom stereocenters. The largest absolute Gasteiger partial charge is 0.411 e. The molecule has 1 aromatic heterocycles. The van der Waals surface area contributed by atoms with E-state index in [9.17, 15) is 9.59 Å². The molecule has 2 aromatic carbocycles. The van der Waals surface area contributed by atoms with Crippen molar-refractivity contribution in [2.75, 3.05) is 5.75 Å². The molecule has 7 nitrogen and oxygen atoms in total. The van der Waals surface area contributed by atoms with Crippen LogP contribution in [0.5, 0.6) is 0 Å². The number of nitrogens with zero attached hydrogens (tertiary/aromatic N) is 2. The van der Waals surface area contributed by atoms with Crippen LogP contribution < -0.4 is 10.6 Å². The SMILES string of the molecule is O=C(CCSc1nnc(-c2ccccc2)o1)NC(=O)NCc1ccccc1. The van der Waals surface area contributed by atoms with E-state index in [1.54, 1.807) is 0 Å². The lowest BCUT2D eigenvalue weighted by atomic mass is 10.2. The summed E-state index contributed by atoms with van der Waals surface area (Å²) in [5.41, 5.74) is 1.80. The van der Waals surface area contributed by atoms with E-state index >= 15 is 0 Å². The summed E-state index contributed by atoms with van der Waals surface area (Å²) in [6.07, 6.45) is 0.159. The van der Waals surface area contributed by atoms with E-state index in [4.69, 9.17) is 4.42 Å². The Bertz CT molecular complexity index is 884. The number of hydrogen-bond donors (Lipinski definition) is 2. The number of carbonyl (C=O) groups excluding carboxylic acids is 2. The first-order valence-electron chi connectivity index (χ1n) is 8.34. The summed E-state index contributed by atoms with van der Waals surface area (Å²) in [4.78, 5) is 23.6. The molecule has 0 aliphatic heterocycles. The molecule has 0 bridgehead atoms. The number of thioether (sulfide) groups is 1. The van der Waals surface area contributed by atoms with Crippen LogP contribution >= 0.6 is 11.8 Å². The minimum atomic E-state index is -0.516. The van der Waals surface area contributed by atoms with Crippen LogP contribution in [-0.2, 0) is 11.3 Å². The second-order valence-corrected chi connectivity index (χ2v) is 6.60. The maximum Gasteiger partial charge on any atom is 0.321 e. The molecule has 3 aromatic rings. The summed E-state index contributed by atoms with van der Waals surface area (Å²) in [5, 5.41) is 13.3. The number of carbonyl (C=O) groups is 2. The monoisotopic (exact) mass is 382 g/mol. The minimum Gasteiger partial charge on any atom is -0.411 e. The lowest BCUT2D eigenvalue weighted by molar-refractivity contribution is -0.119. The molecule has 0 radical (unpaired) electrons. The summed E-state index contributed by atoms with van der Waals surface area (Å²) in [6.45, 7) is 0.360. The molecule has 0 spiro atoms. The number of urea groups is 1. The van der Waals surface area contributed by atoms with E-state index in [2.05, 4.69) is 20.8 Å². The number of amides is 3. The fourth-order valence-corrected chi connectivity index (χ4v) is 2.91. The fraction of sp³-hybridized carbons (Fsp3) is 0.158. The van der Waals surface area contributed by atoms with E-state index < -0.39 is 6.03 Å². The average molecular weight is 382 g/mol. The summed E-state index contributed by atoms with van der Waals surface area (Å²) >= 11 is 1.27. The molecule has 0 aliphatic carbocycles. The van der Waals surface area contributed by atoms with Crippen LogP contribution in [0.3, 0.4) is 0 Å². The number of rotatable bonds is 7. The quantitative estimate of drug-likeness (QED) is 0.609. The van der Waals surface area contributed by atoms with Gasteiger partial charge in [-0.05, 0) is 17.7 Å². The van der Waals surface area contributed by atoms with Crippen molar-refractivity contribution in [2.24, 2.45) is 0 Å². The number of nitrogens with one attached hydrogen (secondary N) is 2. The molecular formula is C19H18N4O3S. The van der Waals surface area contributed by atoms with Gasteiger partial charge < -0.3 is 9.73 Å². The standard InChI is InChI=1S/C19H18N4O3S/c24-16(21-18(25)20-13-14-7-3-1-4-8-14)11-12-27-19-23-22-17(26-19)15-9-5-2-6-10-15/h1-10H,11-13H2,(H2,20,21,24,25). The van der Waals surface area contributed by atoms with Crippen LogP contribution in [0.2, 0.25) is 0 Å². The van der Waals surface area contributed by atoms with Gasteiger partial charge in [0.1, 0.15) is 0 Å². The molecule has 0 aliphatic rings. The van der Waals surface area contributed by atoms with Gasteiger partial charge in [0.25, 0.3) is 5.22 Å². The predicted molar refractivity (Wildman–Crippen MR) is 102 cm³/mol. The van der Waals surface area contributed by atoms with E-state index in [1.165, 1.54) is 11.8 Å². The van der Waals surface area contributed by atoms with Gasteiger partial charge in [0.15, 0.2) is 0 Å². The van der Waals surface area contributed by atoms with Gasteiger partial charge in [-0.1, -0.05) is 60.3 Å². The predicted octanol–water partition coefficient (Wildman–Crippen LogP) is 3.24. The Hall–Kier alpha value is -3.13. The van der Waals surface area contributed by atoms with Gasteiger partial charge in [0, 0.05) is 24.3 Å². The molecule has 0 saturated heterocycles. The normalized spacial score (nSPS) is 10.4. The third kappa shape index (κ3) is 5.96. The van der Waals surface area contributed by atoms with Crippen molar-refractivity contribution in [3.63, 3.8) is 0 Å². The zero-order valence-electron chi connectivity index (χ0n) is 14.4. The van der Waals surface area contributed by atoms with E-state index in [0.29, 0.717) is 23.4 Å².